The molecule has 1 aliphatic rings. The average molecular weight is 340 g/mol. The predicted molar refractivity (Wildman–Crippen MR) is 101 cm³/mol. The Morgan fingerprint density at radius 2 is 1.92 bits per heavy atom. The van der Waals surface area contributed by atoms with Crippen LogP contribution in [0, 0.1) is 0 Å². The van der Waals surface area contributed by atoms with Crippen LogP contribution in [0.2, 0.25) is 0 Å². The van der Waals surface area contributed by atoms with E-state index in [1.807, 2.05) is 36.1 Å². The van der Waals surface area contributed by atoms with Gasteiger partial charge in [-0.2, -0.15) is 0 Å². The smallest absolute Gasteiger partial charge is 0.254 e. The van der Waals surface area contributed by atoms with E-state index < -0.39 is 0 Å². The van der Waals surface area contributed by atoms with Crippen LogP contribution in [0.3, 0.4) is 0 Å². The first-order valence-electron chi connectivity index (χ1n) is 9.36. The van der Waals surface area contributed by atoms with Gasteiger partial charge in [0.1, 0.15) is 5.76 Å². The van der Waals surface area contributed by atoms with E-state index in [0.717, 1.165) is 43.7 Å². The topological polar surface area (TPSA) is 36.7 Å². The number of carbonyl (C=O) groups is 1. The third-order valence-electron chi connectivity index (χ3n) is 4.90. The van der Waals surface area contributed by atoms with Crippen molar-refractivity contribution in [1.82, 2.24) is 4.90 Å². The molecule has 1 aromatic heterocycles. The molecule has 4 heteroatoms. The maximum atomic E-state index is 13.1. The summed E-state index contributed by atoms with van der Waals surface area (Å²) in [5.41, 5.74) is 1.93. The molecule has 1 unspecified atom stereocenters. The second-order valence-corrected chi connectivity index (χ2v) is 6.76. The molecule has 3 rings (SSSR count). The van der Waals surface area contributed by atoms with E-state index in [0.29, 0.717) is 6.04 Å². The zero-order valence-corrected chi connectivity index (χ0v) is 15.4. The van der Waals surface area contributed by atoms with Crippen molar-refractivity contribution >= 4 is 11.6 Å². The Morgan fingerprint density at radius 1 is 1.20 bits per heavy atom. The van der Waals surface area contributed by atoms with Gasteiger partial charge in [0.05, 0.1) is 12.3 Å². The Morgan fingerprint density at radius 3 is 2.44 bits per heavy atom. The van der Waals surface area contributed by atoms with E-state index in [2.05, 4.69) is 30.9 Å². The third kappa shape index (κ3) is 3.89. The van der Waals surface area contributed by atoms with E-state index in [1.54, 1.807) is 6.26 Å². The molecule has 1 aromatic carbocycles. The van der Waals surface area contributed by atoms with E-state index in [1.165, 1.54) is 5.69 Å². The van der Waals surface area contributed by atoms with Crippen molar-refractivity contribution in [1.29, 1.82) is 0 Å². The molecule has 1 saturated carbocycles. The average Bonchev–Trinajstić information content (AvgIpc) is 3.31. The standard InChI is InChI=1S/C21H28N2O2/c1-4-14-22(5-2)18-10-8-17(9-11-18)21(24)23(19-12-13-19)16(3)20-7-6-15-25-20/h6-11,15-16,19H,4-5,12-14H2,1-3H3. The van der Waals surface area contributed by atoms with Gasteiger partial charge in [-0.1, -0.05) is 6.92 Å². The molecular weight excluding hydrogens is 312 g/mol. The second kappa shape index (κ2) is 7.77. The summed E-state index contributed by atoms with van der Waals surface area (Å²) in [5.74, 6) is 0.938. The molecule has 1 fully saturated rings. The molecule has 0 saturated heterocycles. The molecule has 1 aliphatic carbocycles. The van der Waals surface area contributed by atoms with E-state index >= 15 is 0 Å². The van der Waals surface area contributed by atoms with Crippen molar-refractivity contribution < 1.29 is 9.21 Å². The third-order valence-corrected chi connectivity index (χ3v) is 4.90. The fourth-order valence-electron chi connectivity index (χ4n) is 3.38. The molecule has 4 nitrogen and oxygen atoms in total. The molecule has 0 bridgehead atoms. The van der Waals surface area contributed by atoms with Gasteiger partial charge in [-0.15, -0.1) is 0 Å². The fourth-order valence-corrected chi connectivity index (χ4v) is 3.38. The molecule has 1 amide bonds. The van der Waals surface area contributed by atoms with Gasteiger partial charge in [0.25, 0.3) is 5.91 Å². The highest BCUT2D eigenvalue weighted by atomic mass is 16.3. The predicted octanol–water partition coefficient (Wildman–Crippen LogP) is 4.88. The molecule has 1 heterocycles. The van der Waals surface area contributed by atoms with Crippen LogP contribution in [-0.2, 0) is 0 Å². The Hall–Kier alpha value is -2.23. The molecule has 134 valence electrons. The van der Waals surface area contributed by atoms with Gasteiger partial charge in [0, 0.05) is 30.4 Å². The number of hydrogen-bond donors (Lipinski definition) is 0. The molecule has 25 heavy (non-hydrogen) atoms. The number of furan rings is 1. The normalized spacial score (nSPS) is 15.0. The summed E-state index contributed by atoms with van der Waals surface area (Å²) >= 11 is 0. The summed E-state index contributed by atoms with van der Waals surface area (Å²) in [6.07, 6.45) is 4.94. The summed E-state index contributed by atoms with van der Waals surface area (Å²) in [4.78, 5) is 17.4. The zero-order valence-electron chi connectivity index (χ0n) is 15.4. The van der Waals surface area contributed by atoms with Crippen LogP contribution in [-0.4, -0.2) is 29.9 Å². The van der Waals surface area contributed by atoms with Gasteiger partial charge in [-0.25, -0.2) is 0 Å². The first-order valence-corrected chi connectivity index (χ1v) is 9.36. The van der Waals surface area contributed by atoms with Crippen LogP contribution >= 0.6 is 0 Å². The molecule has 0 spiro atoms. The van der Waals surface area contributed by atoms with Crippen LogP contribution in [0.15, 0.2) is 47.1 Å². The Kier molecular flexibility index (Phi) is 5.47. The Bertz CT molecular complexity index is 674. The van der Waals surface area contributed by atoms with E-state index in [4.69, 9.17) is 4.42 Å². The maximum Gasteiger partial charge on any atom is 0.254 e. The lowest BCUT2D eigenvalue weighted by molar-refractivity contribution is 0.0653. The minimum absolute atomic E-state index is 0.0399. The number of amides is 1. The SMILES string of the molecule is CCCN(CC)c1ccc(C(=O)N(C2CC2)C(C)c2ccco2)cc1. The first kappa shape index (κ1) is 17.6. The molecule has 2 aromatic rings. The monoisotopic (exact) mass is 340 g/mol. The van der Waals surface area contributed by atoms with Crippen LogP contribution in [0.25, 0.3) is 0 Å². The first-order chi connectivity index (χ1) is 12.2. The highest BCUT2D eigenvalue weighted by molar-refractivity contribution is 5.95. The van der Waals surface area contributed by atoms with Gasteiger partial charge >= 0.3 is 0 Å². The Balaban J connectivity index is 1.78. The number of nitrogens with zero attached hydrogens (tertiary/aromatic N) is 2. The van der Waals surface area contributed by atoms with Crippen molar-refractivity contribution in [2.75, 3.05) is 18.0 Å². The van der Waals surface area contributed by atoms with Crippen molar-refractivity contribution in [2.24, 2.45) is 0 Å². The van der Waals surface area contributed by atoms with E-state index in [-0.39, 0.29) is 11.9 Å². The number of rotatable bonds is 8. The number of benzene rings is 1. The summed E-state index contributed by atoms with van der Waals surface area (Å²) in [6, 6.07) is 12.2. The zero-order chi connectivity index (χ0) is 17.8. The minimum Gasteiger partial charge on any atom is -0.467 e. The molecular formula is C21H28N2O2. The minimum atomic E-state index is -0.0399. The molecule has 0 N–H and O–H groups in total. The Labute approximate surface area is 150 Å². The highest BCUT2D eigenvalue weighted by Gasteiger charge is 2.37. The van der Waals surface area contributed by atoms with Gasteiger partial charge in [-0.3, -0.25) is 4.79 Å². The fraction of sp³-hybridized carbons (Fsp3) is 0.476. The second-order valence-electron chi connectivity index (χ2n) is 6.76. The van der Waals surface area contributed by atoms with Crippen LogP contribution < -0.4 is 4.90 Å². The van der Waals surface area contributed by atoms with Crippen LogP contribution in [0.1, 0.15) is 62.2 Å². The highest BCUT2D eigenvalue weighted by Crippen LogP contribution is 2.36. The van der Waals surface area contributed by atoms with Crippen molar-refractivity contribution in [3.8, 4) is 0 Å². The van der Waals surface area contributed by atoms with Crippen molar-refractivity contribution in [3.05, 3.63) is 54.0 Å². The molecule has 0 aliphatic heterocycles. The quantitative estimate of drug-likeness (QED) is 0.687. The van der Waals surface area contributed by atoms with Crippen molar-refractivity contribution in [3.63, 3.8) is 0 Å². The van der Waals surface area contributed by atoms with Gasteiger partial charge in [0.15, 0.2) is 0 Å². The molecule has 1 atom stereocenters. The van der Waals surface area contributed by atoms with Crippen LogP contribution in [0.5, 0.6) is 0 Å². The van der Waals surface area contributed by atoms with E-state index in [9.17, 15) is 4.79 Å². The lowest BCUT2D eigenvalue weighted by Crippen LogP contribution is -2.35. The summed E-state index contributed by atoms with van der Waals surface area (Å²) in [7, 11) is 0. The van der Waals surface area contributed by atoms with Gasteiger partial charge in [0.2, 0.25) is 0 Å². The van der Waals surface area contributed by atoms with Crippen molar-refractivity contribution in [2.45, 2.75) is 52.1 Å². The van der Waals surface area contributed by atoms with Crippen LogP contribution in [0.4, 0.5) is 5.69 Å². The number of carbonyl (C=O) groups excluding carboxylic acids is 1. The maximum absolute atomic E-state index is 13.1. The lowest BCUT2D eigenvalue weighted by Gasteiger charge is -2.28. The lowest BCUT2D eigenvalue weighted by atomic mass is 10.1. The summed E-state index contributed by atoms with van der Waals surface area (Å²) < 4.78 is 5.53. The van der Waals surface area contributed by atoms with Gasteiger partial charge < -0.3 is 14.2 Å². The van der Waals surface area contributed by atoms with Gasteiger partial charge in [-0.05, 0) is 69.5 Å². The summed E-state index contributed by atoms with van der Waals surface area (Å²) in [6.45, 7) is 8.40. The molecule has 0 radical (unpaired) electrons. The number of anilines is 1. The largest absolute Gasteiger partial charge is 0.467 e. The summed E-state index contributed by atoms with van der Waals surface area (Å²) in [5, 5.41) is 0. The number of hydrogen-bond acceptors (Lipinski definition) is 3.